The van der Waals surface area contributed by atoms with Crippen LogP contribution >= 0.6 is 11.3 Å². The third-order valence-electron chi connectivity index (χ3n) is 2.55. The van der Waals surface area contributed by atoms with E-state index in [1.165, 1.54) is 12.8 Å². The van der Waals surface area contributed by atoms with Gasteiger partial charge in [0.2, 0.25) is 0 Å². The summed E-state index contributed by atoms with van der Waals surface area (Å²) in [6.45, 7) is 0.732. The molecule has 2 rings (SSSR count). The van der Waals surface area contributed by atoms with E-state index in [-0.39, 0.29) is 0 Å². The van der Waals surface area contributed by atoms with Crippen molar-refractivity contribution in [3.05, 3.63) is 11.6 Å². The molecular weight excluding hydrogens is 184 g/mol. The van der Waals surface area contributed by atoms with Gasteiger partial charge < -0.3 is 10.5 Å². The Hall–Kier alpha value is -0.610. The summed E-state index contributed by atoms with van der Waals surface area (Å²) in [5.41, 5.74) is 5.66. The zero-order valence-electron chi connectivity index (χ0n) is 7.48. The van der Waals surface area contributed by atoms with Gasteiger partial charge in [-0.3, -0.25) is 0 Å². The zero-order valence-corrected chi connectivity index (χ0v) is 8.30. The van der Waals surface area contributed by atoms with Crippen LogP contribution in [0.25, 0.3) is 0 Å². The molecule has 1 aliphatic carbocycles. The molecule has 0 aliphatic heterocycles. The molecular formula is C9H14N2OS. The summed E-state index contributed by atoms with van der Waals surface area (Å²) in [6.07, 6.45) is 5.63. The number of nitrogens with zero attached hydrogens (tertiary/aromatic N) is 1. The van der Waals surface area contributed by atoms with Gasteiger partial charge in [-0.25, -0.2) is 4.98 Å². The van der Waals surface area contributed by atoms with E-state index in [9.17, 15) is 0 Å². The van der Waals surface area contributed by atoms with Crippen LogP contribution < -0.4 is 10.5 Å². The second-order valence-electron chi connectivity index (χ2n) is 3.38. The van der Waals surface area contributed by atoms with Crippen molar-refractivity contribution < 1.29 is 4.74 Å². The predicted octanol–water partition coefficient (Wildman–Crippen LogP) is 1.65. The zero-order chi connectivity index (χ0) is 9.10. The Morgan fingerprint density at radius 3 is 3.23 bits per heavy atom. The minimum atomic E-state index is 0.302. The summed E-state index contributed by atoms with van der Waals surface area (Å²) >= 11 is 1.55. The second kappa shape index (κ2) is 4.07. The van der Waals surface area contributed by atoms with E-state index in [0.717, 1.165) is 18.2 Å². The molecule has 0 bridgehead atoms. The molecule has 3 nitrogen and oxygen atoms in total. The number of nitrogens with two attached hydrogens (primary N) is 1. The predicted molar refractivity (Wildman–Crippen MR) is 52.9 cm³/mol. The largest absolute Gasteiger partial charge is 0.466 e. The topological polar surface area (TPSA) is 48.1 Å². The normalized spacial score (nSPS) is 27.8. The molecule has 1 aromatic heterocycles. The fraction of sp³-hybridized carbons (Fsp3) is 0.667. The molecule has 72 valence electrons. The van der Waals surface area contributed by atoms with E-state index in [2.05, 4.69) is 4.98 Å². The van der Waals surface area contributed by atoms with Crippen LogP contribution in [0.3, 0.4) is 0 Å². The average molecular weight is 198 g/mol. The maximum absolute atomic E-state index is 5.75. The summed E-state index contributed by atoms with van der Waals surface area (Å²) in [4.78, 5) is 4.10. The van der Waals surface area contributed by atoms with Gasteiger partial charge in [0, 0.05) is 17.5 Å². The van der Waals surface area contributed by atoms with Gasteiger partial charge in [-0.15, -0.1) is 0 Å². The monoisotopic (exact) mass is 198 g/mol. The fourth-order valence-electron chi connectivity index (χ4n) is 1.83. The quantitative estimate of drug-likeness (QED) is 0.803. The Morgan fingerprint density at radius 2 is 2.54 bits per heavy atom. The van der Waals surface area contributed by atoms with Crippen molar-refractivity contribution in [3.63, 3.8) is 0 Å². The van der Waals surface area contributed by atoms with Crippen LogP contribution in [-0.4, -0.2) is 17.6 Å². The minimum Gasteiger partial charge on any atom is -0.466 e. The number of hydrogen-bond acceptors (Lipinski definition) is 4. The standard InChI is InChI=1S/C9H14N2OS/c10-6-7-2-1-3-8(7)12-9-11-4-5-13-9/h4-5,7-8H,1-3,6,10H2. The van der Waals surface area contributed by atoms with Crippen molar-refractivity contribution in [2.45, 2.75) is 25.4 Å². The van der Waals surface area contributed by atoms with Gasteiger partial charge in [-0.2, -0.15) is 0 Å². The lowest BCUT2D eigenvalue weighted by molar-refractivity contribution is 0.162. The highest BCUT2D eigenvalue weighted by atomic mass is 32.1. The number of hydrogen-bond donors (Lipinski definition) is 1. The van der Waals surface area contributed by atoms with E-state index in [1.807, 2.05) is 5.38 Å². The Kier molecular flexibility index (Phi) is 2.80. The molecule has 2 N–H and O–H groups in total. The van der Waals surface area contributed by atoms with Gasteiger partial charge in [0.25, 0.3) is 5.19 Å². The van der Waals surface area contributed by atoms with E-state index < -0.39 is 0 Å². The molecule has 2 atom stereocenters. The SMILES string of the molecule is NCC1CCCC1Oc1nccs1. The van der Waals surface area contributed by atoms with E-state index in [4.69, 9.17) is 10.5 Å². The molecule has 1 fully saturated rings. The first-order chi connectivity index (χ1) is 6.40. The van der Waals surface area contributed by atoms with Gasteiger partial charge in [0.05, 0.1) is 0 Å². The molecule has 1 heterocycles. The van der Waals surface area contributed by atoms with Crippen LogP contribution in [0.5, 0.6) is 5.19 Å². The molecule has 0 aromatic carbocycles. The number of ether oxygens (including phenoxy) is 1. The molecule has 0 spiro atoms. The van der Waals surface area contributed by atoms with Crippen molar-refractivity contribution in [2.75, 3.05) is 6.54 Å². The highest BCUT2D eigenvalue weighted by Crippen LogP contribution is 2.29. The Balaban J connectivity index is 1.94. The van der Waals surface area contributed by atoms with Crippen molar-refractivity contribution in [1.29, 1.82) is 0 Å². The second-order valence-corrected chi connectivity index (χ2v) is 4.24. The third kappa shape index (κ3) is 2.00. The van der Waals surface area contributed by atoms with Gasteiger partial charge in [0.15, 0.2) is 0 Å². The Morgan fingerprint density at radius 1 is 1.62 bits per heavy atom. The minimum absolute atomic E-state index is 0.302. The van der Waals surface area contributed by atoms with E-state index >= 15 is 0 Å². The number of aromatic nitrogens is 1. The Bertz CT molecular complexity index is 250. The molecule has 1 saturated carbocycles. The average Bonchev–Trinajstić information content (AvgIpc) is 2.76. The van der Waals surface area contributed by atoms with Crippen LogP contribution in [0.15, 0.2) is 11.6 Å². The first kappa shape index (κ1) is 8.97. The lowest BCUT2D eigenvalue weighted by Gasteiger charge is -2.17. The van der Waals surface area contributed by atoms with Crippen LogP contribution in [0.2, 0.25) is 0 Å². The van der Waals surface area contributed by atoms with Gasteiger partial charge in [-0.05, 0) is 25.8 Å². The van der Waals surface area contributed by atoms with Crippen LogP contribution in [0.1, 0.15) is 19.3 Å². The van der Waals surface area contributed by atoms with Crippen molar-refractivity contribution in [3.8, 4) is 5.19 Å². The fourth-order valence-corrected chi connectivity index (χ4v) is 2.36. The van der Waals surface area contributed by atoms with Gasteiger partial charge in [0.1, 0.15) is 6.10 Å². The van der Waals surface area contributed by atoms with Crippen molar-refractivity contribution >= 4 is 11.3 Å². The number of thiazole rings is 1. The van der Waals surface area contributed by atoms with E-state index in [0.29, 0.717) is 12.0 Å². The first-order valence-electron chi connectivity index (χ1n) is 4.66. The van der Waals surface area contributed by atoms with Crippen LogP contribution in [0.4, 0.5) is 0 Å². The summed E-state index contributed by atoms with van der Waals surface area (Å²) in [5.74, 6) is 0.531. The molecule has 1 aromatic rings. The maximum atomic E-state index is 5.75. The molecule has 0 amide bonds. The smallest absolute Gasteiger partial charge is 0.273 e. The van der Waals surface area contributed by atoms with Crippen molar-refractivity contribution in [1.82, 2.24) is 4.98 Å². The molecule has 1 aliphatic rings. The van der Waals surface area contributed by atoms with Crippen LogP contribution in [0, 0.1) is 5.92 Å². The first-order valence-corrected chi connectivity index (χ1v) is 5.54. The van der Waals surface area contributed by atoms with Gasteiger partial charge >= 0.3 is 0 Å². The lowest BCUT2D eigenvalue weighted by Crippen LogP contribution is -2.27. The van der Waals surface area contributed by atoms with E-state index in [1.54, 1.807) is 17.5 Å². The van der Waals surface area contributed by atoms with Crippen molar-refractivity contribution in [2.24, 2.45) is 11.7 Å². The molecule has 0 radical (unpaired) electrons. The summed E-state index contributed by atoms with van der Waals surface area (Å²) in [6, 6.07) is 0. The molecule has 13 heavy (non-hydrogen) atoms. The van der Waals surface area contributed by atoms with Crippen LogP contribution in [-0.2, 0) is 0 Å². The molecule has 2 unspecified atom stereocenters. The Labute approximate surface area is 81.9 Å². The lowest BCUT2D eigenvalue weighted by atomic mass is 10.1. The number of rotatable bonds is 3. The summed E-state index contributed by atoms with van der Waals surface area (Å²) < 4.78 is 5.75. The van der Waals surface area contributed by atoms with Gasteiger partial charge in [-0.1, -0.05) is 11.3 Å². The third-order valence-corrected chi connectivity index (χ3v) is 3.22. The maximum Gasteiger partial charge on any atom is 0.273 e. The molecule has 4 heteroatoms. The highest BCUT2D eigenvalue weighted by molar-refractivity contribution is 7.11. The summed E-state index contributed by atoms with van der Waals surface area (Å²) in [5, 5.41) is 2.72. The highest BCUT2D eigenvalue weighted by Gasteiger charge is 2.28. The summed E-state index contributed by atoms with van der Waals surface area (Å²) in [7, 11) is 0. The molecule has 0 saturated heterocycles.